The molecule has 0 spiro atoms. The number of rotatable bonds is 12. The van der Waals surface area contributed by atoms with E-state index in [0.29, 0.717) is 18.1 Å². The fourth-order valence-electron chi connectivity index (χ4n) is 3.16. The molecule has 0 heterocycles. The van der Waals surface area contributed by atoms with Crippen molar-refractivity contribution in [2.24, 2.45) is 0 Å². The highest BCUT2D eigenvalue weighted by atomic mass is 32.2. The van der Waals surface area contributed by atoms with Gasteiger partial charge in [-0.3, -0.25) is 9.52 Å². The molecule has 10 nitrogen and oxygen atoms in total. The second kappa shape index (κ2) is 11.9. The molecule has 0 unspecified atom stereocenters. The van der Waals surface area contributed by atoms with Crippen LogP contribution < -0.4 is 24.2 Å². The van der Waals surface area contributed by atoms with Gasteiger partial charge in [0.1, 0.15) is 11.5 Å². The minimum atomic E-state index is -3.96. The van der Waals surface area contributed by atoms with Crippen LogP contribution in [0.4, 0.5) is 11.4 Å². The predicted octanol–water partition coefficient (Wildman–Crippen LogP) is 3.20. The molecule has 0 saturated carbocycles. The van der Waals surface area contributed by atoms with Gasteiger partial charge in [-0.2, -0.15) is 0 Å². The normalized spacial score (nSPS) is 11.5. The highest BCUT2D eigenvalue weighted by Gasteiger charge is 2.18. The molecule has 0 aliphatic heterocycles. The monoisotopic (exact) mass is 533 g/mol. The Morgan fingerprint density at radius 3 is 2.28 bits per heavy atom. The summed E-state index contributed by atoms with van der Waals surface area (Å²) in [6.45, 7) is 2.15. The molecule has 0 atom stereocenters. The van der Waals surface area contributed by atoms with Gasteiger partial charge >= 0.3 is 0 Å². The van der Waals surface area contributed by atoms with E-state index in [0.717, 1.165) is 0 Å². The Kier molecular flexibility index (Phi) is 8.91. The standard InChI is InChI=1S/C24H27N3O7S2/c1-3-34-19-11-13-20(14-12-19)35(29,30)25-16-15-24(28)26-18-7-6-8-21(17-18)36(31,32)27-22-9-4-5-10-23(22)33-2/h4-14,17,25,27H,3,15-16H2,1-2H3,(H,26,28). The van der Waals surface area contributed by atoms with Gasteiger partial charge in [0.2, 0.25) is 15.9 Å². The number of hydrogen-bond donors (Lipinski definition) is 3. The van der Waals surface area contributed by atoms with Crippen molar-refractivity contribution in [1.29, 1.82) is 0 Å². The Morgan fingerprint density at radius 2 is 1.58 bits per heavy atom. The number of methoxy groups -OCH3 is 1. The first-order chi connectivity index (χ1) is 17.1. The topological polar surface area (TPSA) is 140 Å². The van der Waals surface area contributed by atoms with E-state index >= 15 is 0 Å². The lowest BCUT2D eigenvalue weighted by Gasteiger charge is -2.13. The first-order valence-electron chi connectivity index (χ1n) is 10.9. The fourth-order valence-corrected chi connectivity index (χ4v) is 5.31. The van der Waals surface area contributed by atoms with Crippen LogP contribution in [0, 0.1) is 0 Å². The minimum Gasteiger partial charge on any atom is -0.495 e. The number of carbonyl (C=O) groups is 1. The third kappa shape index (κ3) is 7.20. The SMILES string of the molecule is CCOc1ccc(S(=O)(=O)NCCC(=O)Nc2cccc(S(=O)(=O)Nc3ccccc3OC)c2)cc1. The van der Waals surface area contributed by atoms with Crippen molar-refractivity contribution >= 4 is 37.3 Å². The van der Waals surface area contributed by atoms with E-state index in [4.69, 9.17) is 9.47 Å². The minimum absolute atomic E-state index is 0.0480. The van der Waals surface area contributed by atoms with Gasteiger partial charge in [0.05, 0.1) is 29.2 Å². The zero-order valence-electron chi connectivity index (χ0n) is 19.7. The first-order valence-corrected chi connectivity index (χ1v) is 13.9. The molecule has 0 bridgehead atoms. The Balaban J connectivity index is 1.58. The summed E-state index contributed by atoms with van der Waals surface area (Å²) in [5.41, 5.74) is 0.520. The predicted molar refractivity (Wildman–Crippen MR) is 136 cm³/mol. The van der Waals surface area contributed by atoms with Crippen molar-refractivity contribution in [3.05, 3.63) is 72.8 Å². The van der Waals surface area contributed by atoms with Crippen LogP contribution in [0.3, 0.4) is 0 Å². The molecule has 12 heteroatoms. The number of carbonyl (C=O) groups excluding carboxylic acids is 1. The molecule has 3 aromatic rings. The highest BCUT2D eigenvalue weighted by molar-refractivity contribution is 7.92. The van der Waals surface area contributed by atoms with Crippen LogP contribution >= 0.6 is 0 Å². The summed E-state index contributed by atoms with van der Waals surface area (Å²) < 4.78 is 65.8. The van der Waals surface area contributed by atoms with Crippen LogP contribution in [0.1, 0.15) is 13.3 Å². The summed E-state index contributed by atoms with van der Waals surface area (Å²) in [6.07, 6.45) is -0.160. The van der Waals surface area contributed by atoms with E-state index in [1.54, 1.807) is 36.4 Å². The van der Waals surface area contributed by atoms with E-state index in [9.17, 15) is 21.6 Å². The second-order valence-electron chi connectivity index (χ2n) is 7.43. The molecular weight excluding hydrogens is 506 g/mol. The number of sulfonamides is 2. The largest absolute Gasteiger partial charge is 0.495 e. The highest BCUT2D eigenvalue weighted by Crippen LogP contribution is 2.27. The van der Waals surface area contributed by atoms with Crippen LogP contribution in [0.2, 0.25) is 0 Å². The zero-order chi connectivity index (χ0) is 26.2. The Labute approximate surface area is 210 Å². The van der Waals surface area contributed by atoms with Gasteiger partial charge in [0.15, 0.2) is 0 Å². The Hall–Kier alpha value is -3.61. The lowest BCUT2D eigenvalue weighted by molar-refractivity contribution is -0.116. The number of benzene rings is 3. The molecule has 0 saturated heterocycles. The summed E-state index contributed by atoms with van der Waals surface area (Å²) in [7, 11) is -6.33. The molecule has 192 valence electrons. The maximum absolute atomic E-state index is 12.8. The van der Waals surface area contributed by atoms with Crippen molar-refractivity contribution in [1.82, 2.24) is 4.72 Å². The van der Waals surface area contributed by atoms with Crippen LogP contribution in [0.25, 0.3) is 0 Å². The molecule has 0 radical (unpaired) electrons. The lowest BCUT2D eigenvalue weighted by Crippen LogP contribution is -2.27. The van der Waals surface area contributed by atoms with Crippen LogP contribution in [-0.4, -0.2) is 43.0 Å². The average molecular weight is 534 g/mol. The fraction of sp³-hybridized carbons (Fsp3) is 0.208. The number of amides is 1. The number of anilines is 2. The van der Waals surface area contributed by atoms with Crippen LogP contribution in [0.5, 0.6) is 11.5 Å². The van der Waals surface area contributed by atoms with Gasteiger partial charge in [0, 0.05) is 18.7 Å². The second-order valence-corrected chi connectivity index (χ2v) is 10.9. The summed E-state index contributed by atoms with van der Waals surface area (Å²) in [5, 5.41) is 2.58. The summed E-state index contributed by atoms with van der Waals surface area (Å²) in [6, 6.07) is 18.2. The van der Waals surface area contributed by atoms with E-state index in [1.165, 1.54) is 43.5 Å². The average Bonchev–Trinajstić information content (AvgIpc) is 2.85. The van der Waals surface area contributed by atoms with Crippen LogP contribution in [-0.2, 0) is 24.8 Å². The molecule has 3 rings (SSSR count). The molecule has 0 aliphatic carbocycles. The van der Waals surface area contributed by atoms with Crippen molar-refractivity contribution in [3.8, 4) is 11.5 Å². The lowest BCUT2D eigenvalue weighted by atomic mass is 10.3. The van der Waals surface area contributed by atoms with Gasteiger partial charge in [0.25, 0.3) is 10.0 Å². The van der Waals surface area contributed by atoms with Crippen molar-refractivity contribution in [3.63, 3.8) is 0 Å². The smallest absolute Gasteiger partial charge is 0.262 e. The first kappa shape index (κ1) is 27.0. The van der Waals surface area contributed by atoms with E-state index in [-0.39, 0.29) is 34.1 Å². The quantitative estimate of drug-likeness (QED) is 0.325. The van der Waals surface area contributed by atoms with E-state index in [1.807, 2.05) is 6.92 Å². The van der Waals surface area contributed by atoms with Crippen molar-refractivity contribution < 1.29 is 31.1 Å². The van der Waals surface area contributed by atoms with Crippen LogP contribution in [0.15, 0.2) is 82.6 Å². The third-order valence-electron chi connectivity index (χ3n) is 4.87. The van der Waals surface area contributed by atoms with Crippen molar-refractivity contribution in [2.75, 3.05) is 30.3 Å². The number of para-hydroxylation sites is 2. The maximum Gasteiger partial charge on any atom is 0.262 e. The molecule has 3 N–H and O–H groups in total. The number of nitrogens with one attached hydrogen (secondary N) is 3. The molecule has 0 aliphatic rings. The van der Waals surface area contributed by atoms with E-state index < -0.39 is 26.0 Å². The number of ether oxygens (including phenoxy) is 2. The zero-order valence-corrected chi connectivity index (χ0v) is 21.4. The number of hydrogen-bond acceptors (Lipinski definition) is 7. The Morgan fingerprint density at radius 1 is 0.861 bits per heavy atom. The van der Waals surface area contributed by atoms with Gasteiger partial charge < -0.3 is 14.8 Å². The third-order valence-corrected chi connectivity index (χ3v) is 7.71. The molecule has 1 amide bonds. The molecule has 3 aromatic carbocycles. The van der Waals surface area contributed by atoms with E-state index in [2.05, 4.69) is 14.8 Å². The summed E-state index contributed by atoms with van der Waals surface area (Å²) in [5.74, 6) is 0.424. The van der Waals surface area contributed by atoms with Gasteiger partial charge in [-0.1, -0.05) is 18.2 Å². The summed E-state index contributed by atoms with van der Waals surface area (Å²) in [4.78, 5) is 12.3. The molecule has 0 aromatic heterocycles. The van der Waals surface area contributed by atoms with Gasteiger partial charge in [-0.25, -0.2) is 21.6 Å². The molecular formula is C24H27N3O7S2. The Bertz CT molecular complexity index is 1410. The summed E-state index contributed by atoms with van der Waals surface area (Å²) >= 11 is 0. The molecule has 0 fully saturated rings. The maximum atomic E-state index is 12.8. The van der Waals surface area contributed by atoms with Gasteiger partial charge in [-0.15, -0.1) is 0 Å². The molecule has 36 heavy (non-hydrogen) atoms. The van der Waals surface area contributed by atoms with Crippen molar-refractivity contribution in [2.45, 2.75) is 23.1 Å². The van der Waals surface area contributed by atoms with Gasteiger partial charge in [-0.05, 0) is 61.5 Å².